The number of nitrogens with two attached hydrogens (primary N) is 2. The lowest BCUT2D eigenvalue weighted by molar-refractivity contribution is 1.15. The third kappa shape index (κ3) is 2.53. The fraction of sp³-hybridized carbons (Fsp3) is 0.0714. The second-order valence-electron chi connectivity index (χ2n) is 3.97. The highest BCUT2D eigenvalue weighted by Gasteiger charge is 2.03. The average molecular weight is 238 g/mol. The summed E-state index contributed by atoms with van der Waals surface area (Å²) in [6, 6.07) is 14.9. The monoisotopic (exact) mass is 238 g/mol. The van der Waals surface area contributed by atoms with Gasteiger partial charge in [0.15, 0.2) is 0 Å². The molecule has 0 saturated heterocycles. The smallest absolute Gasteiger partial charge is 0.101 e. The average Bonchev–Trinajstić information content (AvgIpc) is 2.40. The van der Waals surface area contributed by atoms with Crippen LogP contribution in [0.5, 0.6) is 0 Å². The van der Waals surface area contributed by atoms with Crippen molar-refractivity contribution in [1.29, 1.82) is 5.26 Å². The van der Waals surface area contributed by atoms with Gasteiger partial charge in [-0.05, 0) is 35.9 Å². The highest BCUT2D eigenvalue weighted by atomic mass is 14.9. The maximum atomic E-state index is 8.98. The van der Waals surface area contributed by atoms with E-state index in [0.717, 1.165) is 11.3 Å². The van der Waals surface area contributed by atoms with Gasteiger partial charge in [-0.15, -0.1) is 0 Å². The van der Waals surface area contributed by atoms with Crippen LogP contribution in [0.2, 0.25) is 0 Å². The van der Waals surface area contributed by atoms with E-state index < -0.39 is 0 Å². The normalized spacial score (nSPS) is 9.72. The summed E-state index contributed by atoms with van der Waals surface area (Å²) in [6.45, 7) is 0.537. The van der Waals surface area contributed by atoms with Crippen LogP contribution in [-0.2, 0) is 6.54 Å². The third-order valence-electron chi connectivity index (χ3n) is 2.68. The number of rotatable bonds is 3. The summed E-state index contributed by atoms with van der Waals surface area (Å²) >= 11 is 0. The molecule has 0 aromatic heterocycles. The first-order valence-electron chi connectivity index (χ1n) is 5.57. The molecule has 90 valence electrons. The van der Waals surface area contributed by atoms with Crippen molar-refractivity contribution in [3.63, 3.8) is 0 Å². The quantitative estimate of drug-likeness (QED) is 0.716. The Kier molecular flexibility index (Phi) is 3.35. The second kappa shape index (κ2) is 5.11. The van der Waals surface area contributed by atoms with Crippen molar-refractivity contribution in [3.8, 4) is 6.07 Å². The van der Waals surface area contributed by atoms with Crippen molar-refractivity contribution >= 4 is 17.1 Å². The number of nitrogen functional groups attached to an aromatic ring is 2. The molecule has 0 aliphatic rings. The summed E-state index contributed by atoms with van der Waals surface area (Å²) in [6.07, 6.45) is 0. The molecule has 4 heteroatoms. The van der Waals surface area contributed by atoms with Gasteiger partial charge in [0.25, 0.3) is 0 Å². The number of hydrogen-bond donors (Lipinski definition) is 3. The van der Waals surface area contributed by atoms with Gasteiger partial charge < -0.3 is 16.8 Å². The van der Waals surface area contributed by atoms with Gasteiger partial charge >= 0.3 is 0 Å². The predicted molar refractivity (Wildman–Crippen MR) is 73.8 cm³/mol. The lowest BCUT2D eigenvalue weighted by Crippen LogP contribution is -2.04. The van der Waals surface area contributed by atoms with E-state index in [1.807, 2.05) is 24.3 Å². The van der Waals surface area contributed by atoms with Crippen molar-refractivity contribution < 1.29 is 0 Å². The van der Waals surface area contributed by atoms with E-state index in [0.29, 0.717) is 23.5 Å². The molecule has 0 bridgehead atoms. The van der Waals surface area contributed by atoms with E-state index in [1.54, 1.807) is 18.2 Å². The van der Waals surface area contributed by atoms with E-state index >= 15 is 0 Å². The molecule has 0 atom stereocenters. The van der Waals surface area contributed by atoms with Gasteiger partial charge in [0.05, 0.1) is 11.3 Å². The standard InChI is InChI=1S/C14H14N4/c15-8-10-3-1-2-4-14(10)18-9-11-7-12(16)5-6-13(11)17/h1-7,18H,9,16-17H2. The fourth-order valence-corrected chi connectivity index (χ4v) is 1.70. The highest BCUT2D eigenvalue weighted by molar-refractivity contribution is 5.60. The first kappa shape index (κ1) is 11.8. The molecule has 0 amide bonds. The minimum atomic E-state index is 0.537. The SMILES string of the molecule is N#Cc1ccccc1NCc1cc(N)ccc1N. The fourth-order valence-electron chi connectivity index (χ4n) is 1.70. The van der Waals surface area contributed by atoms with Crippen molar-refractivity contribution in [2.45, 2.75) is 6.54 Å². The summed E-state index contributed by atoms with van der Waals surface area (Å²) in [5.41, 5.74) is 15.3. The number of para-hydroxylation sites is 1. The zero-order valence-corrected chi connectivity index (χ0v) is 9.85. The Labute approximate surface area is 106 Å². The van der Waals surface area contributed by atoms with Crippen molar-refractivity contribution in [2.75, 3.05) is 16.8 Å². The Morgan fingerprint density at radius 3 is 2.67 bits per heavy atom. The lowest BCUT2D eigenvalue weighted by Gasteiger charge is -2.10. The molecule has 2 rings (SSSR count). The Morgan fingerprint density at radius 1 is 1.11 bits per heavy atom. The van der Waals surface area contributed by atoms with Crippen LogP contribution in [0, 0.1) is 11.3 Å². The number of nitrogens with one attached hydrogen (secondary N) is 1. The molecule has 0 aliphatic heterocycles. The molecule has 0 spiro atoms. The van der Waals surface area contributed by atoms with Crippen molar-refractivity contribution in [2.24, 2.45) is 0 Å². The first-order valence-corrected chi connectivity index (χ1v) is 5.57. The van der Waals surface area contributed by atoms with Crippen LogP contribution in [0.4, 0.5) is 17.1 Å². The van der Waals surface area contributed by atoms with Gasteiger partial charge in [0, 0.05) is 17.9 Å². The topological polar surface area (TPSA) is 87.9 Å². The molecule has 5 N–H and O–H groups in total. The van der Waals surface area contributed by atoms with E-state index in [9.17, 15) is 0 Å². The molecule has 0 heterocycles. The number of nitriles is 1. The molecule has 18 heavy (non-hydrogen) atoms. The molecule has 4 nitrogen and oxygen atoms in total. The summed E-state index contributed by atoms with van der Waals surface area (Å²) in [5, 5.41) is 12.2. The summed E-state index contributed by atoms with van der Waals surface area (Å²) in [7, 11) is 0. The van der Waals surface area contributed by atoms with E-state index in [4.69, 9.17) is 16.7 Å². The predicted octanol–water partition coefficient (Wildman–Crippen LogP) is 2.33. The highest BCUT2D eigenvalue weighted by Crippen LogP contribution is 2.19. The summed E-state index contributed by atoms with van der Waals surface area (Å²) in [5.74, 6) is 0. The van der Waals surface area contributed by atoms with Crippen LogP contribution < -0.4 is 16.8 Å². The van der Waals surface area contributed by atoms with Crippen LogP contribution >= 0.6 is 0 Å². The maximum absolute atomic E-state index is 8.98. The van der Waals surface area contributed by atoms with E-state index in [2.05, 4.69) is 11.4 Å². The molecule has 2 aromatic carbocycles. The zero-order valence-electron chi connectivity index (χ0n) is 9.85. The van der Waals surface area contributed by atoms with Gasteiger partial charge in [-0.1, -0.05) is 12.1 Å². The van der Waals surface area contributed by atoms with Gasteiger partial charge in [-0.3, -0.25) is 0 Å². The third-order valence-corrected chi connectivity index (χ3v) is 2.68. The second-order valence-corrected chi connectivity index (χ2v) is 3.97. The largest absolute Gasteiger partial charge is 0.399 e. The summed E-state index contributed by atoms with van der Waals surface area (Å²) in [4.78, 5) is 0. The molecular formula is C14H14N4. The molecule has 0 radical (unpaired) electrons. The minimum Gasteiger partial charge on any atom is -0.399 e. The number of hydrogen-bond acceptors (Lipinski definition) is 4. The minimum absolute atomic E-state index is 0.537. The van der Waals surface area contributed by atoms with Crippen LogP contribution in [0.15, 0.2) is 42.5 Å². The van der Waals surface area contributed by atoms with Gasteiger partial charge in [-0.25, -0.2) is 0 Å². The maximum Gasteiger partial charge on any atom is 0.101 e. The van der Waals surface area contributed by atoms with E-state index in [1.165, 1.54) is 0 Å². The first-order chi connectivity index (χ1) is 8.70. The lowest BCUT2D eigenvalue weighted by atomic mass is 10.1. The zero-order chi connectivity index (χ0) is 13.0. The van der Waals surface area contributed by atoms with Crippen molar-refractivity contribution in [3.05, 3.63) is 53.6 Å². The Hall–Kier alpha value is -2.67. The van der Waals surface area contributed by atoms with Crippen LogP contribution in [-0.4, -0.2) is 0 Å². The molecule has 2 aromatic rings. The van der Waals surface area contributed by atoms with Crippen LogP contribution in [0.3, 0.4) is 0 Å². The number of anilines is 3. The Balaban J connectivity index is 2.17. The number of nitrogens with zero attached hydrogens (tertiary/aromatic N) is 1. The van der Waals surface area contributed by atoms with Crippen LogP contribution in [0.25, 0.3) is 0 Å². The molecule has 0 aliphatic carbocycles. The molecule has 0 saturated carbocycles. The molecule has 0 fully saturated rings. The Morgan fingerprint density at radius 2 is 1.89 bits per heavy atom. The summed E-state index contributed by atoms with van der Waals surface area (Å²) < 4.78 is 0. The van der Waals surface area contributed by atoms with Crippen molar-refractivity contribution in [1.82, 2.24) is 0 Å². The molecule has 0 unspecified atom stereocenters. The van der Waals surface area contributed by atoms with Gasteiger partial charge in [-0.2, -0.15) is 5.26 Å². The van der Waals surface area contributed by atoms with Crippen LogP contribution in [0.1, 0.15) is 11.1 Å². The number of benzene rings is 2. The van der Waals surface area contributed by atoms with Gasteiger partial charge in [0.2, 0.25) is 0 Å². The molecular weight excluding hydrogens is 224 g/mol. The van der Waals surface area contributed by atoms with Gasteiger partial charge in [0.1, 0.15) is 6.07 Å². The Bertz CT molecular complexity index is 599. The van der Waals surface area contributed by atoms with E-state index in [-0.39, 0.29) is 0 Å².